The molecule has 1 saturated carbocycles. The van der Waals surface area contributed by atoms with Crippen LogP contribution in [0.5, 0.6) is 0 Å². The van der Waals surface area contributed by atoms with Crippen molar-refractivity contribution in [3.05, 3.63) is 0 Å². The number of rotatable bonds is 5. The first-order valence-corrected chi connectivity index (χ1v) is 5.76. The maximum absolute atomic E-state index is 11.8. The lowest BCUT2D eigenvalue weighted by Gasteiger charge is -2.40. The van der Waals surface area contributed by atoms with Gasteiger partial charge in [0.2, 0.25) is 0 Å². The highest BCUT2D eigenvalue weighted by Gasteiger charge is 2.34. The molecule has 1 rings (SSSR count). The fraction of sp³-hybridized carbons (Fsp3) is 0.818. The number of carboxylic acid groups (broad SMARTS) is 1. The van der Waals surface area contributed by atoms with E-state index in [1.165, 1.54) is 4.90 Å². The molecule has 16 heavy (non-hydrogen) atoms. The van der Waals surface area contributed by atoms with Gasteiger partial charge in [-0.15, -0.1) is 0 Å². The summed E-state index contributed by atoms with van der Waals surface area (Å²) < 4.78 is 0. The molecular weight excluding hydrogens is 208 g/mol. The van der Waals surface area contributed by atoms with Crippen LogP contribution in [0.25, 0.3) is 0 Å². The van der Waals surface area contributed by atoms with Gasteiger partial charge in [0.1, 0.15) is 6.54 Å². The number of carboxylic acids is 1. The van der Waals surface area contributed by atoms with E-state index in [9.17, 15) is 9.59 Å². The van der Waals surface area contributed by atoms with Crippen LogP contribution in [0.3, 0.4) is 0 Å². The quantitative estimate of drug-likeness (QED) is 0.748. The average molecular weight is 228 g/mol. The Morgan fingerprint density at radius 3 is 2.44 bits per heavy atom. The van der Waals surface area contributed by atoms with Crippen molar-refractivity contribution in [3.63, 3.8) is 0 Å². The van der Waals surface area contributed by atoms with E-state index in [1.54, 1.807) is 0 Å². The number of hydrogen-bond acceptors (Lipinski definition) is 2. The van der Waals surface area contributed by atoms with Crippen LogP contribution in [0.2, 0.25) is 0 Å². The number of urea groups is 1. The Morgan fingerprint density at radius 1 is 1.44 bits per heavy atom. The molecule has 0 aromatic carbocycles. The molecule has 92 valence electrons. The summed E-state index contributed by atoms with van der Waals surface area (Å²) in [5.41, 5.74) is -0.123. The predicted molar refractivity (Wildman–Crippen MR) is 60.3 cm³/mol. The fourth-order valence-corrected chi connectivity index (χ4v) is 1.85. The van der Waals surface area contributed by atoms with Gasteiger partial charge in [0, 0.05) is 12.1 Å². The summed E-state index contributed by atoms with van der Waals surface area (Å²) in [5, 5.41) is 11.6. The van der Waals surface area contributed by atoms with Gasteiger partial charge in [0.05, 0.1) is 0 Å². The Kier molecular flexibility index (Phi) is 4.15. The Bertz CT molecular complexity index is 274. The maximum atomic E-state index is 11.8. The first kappa shape index (κ1) is 12.8. The standard InChI is InChI=1S/C11H20N2O3/c1-3-7-13(8-9(14)15)10(16)12-11(2)5-4-6-11/h3-8H2,1-2H3,(H,12,16)(H,14,15). The normalized spacial score (nSPS) is 17.4. The van der Waals surface area contributed by atoms with Gasteiger partial charge in [-0.2, -0.15) is 0 Å². The Labute approximate surface area is 95.8 Å². The molecule has 0 aromatic rings. The molecule has 0 heterocycles. The van der Waals surface area contributed by atoms with E-state index in [0.717, 1.165) is 25.7 Å². The topological polar surface area (TPSA) is 69.6 Å². The van der Waals surface area contributed by atoms with Gasteiger partial charge in [-0.3, -0.25) is 4.79 Å². The molecule has 1 aliphatic rings. The molecule has 1 aliphatic carbocycles. The zero-order valence-corrected chi connectivity index (χ0v) is 9.95. The number of amides is 2. The molecule has 2 N–H and O–H groups in total. The van der Waals surface area contributed by atoms with Crippen LogP contribution in [0.15, 0.2) is 0 Å². The minimum atomic E-state index is -0.970. The van der Waals surface area contributed by atoms with Crippen LogP contribution in [0.4, 0.5) is 4.79 Å². The van der Waals surface area contributed by atoms with Crippen molar-refractivity contribution in [2.45, 2.75) is 45.1 Å². The van der Waals surface area contributed by atoms with Crippen LogP contribution in [0.1, 0.15) is 39.5 Å². The van der Waals surface area contributed by atoms with Crippen molar-refractivity contribution in [3.8, 4) is 0 Å². The van der Waals surface area contributed by atoms with Crippen molar-refractivity contribution in [2.75, 3.05) is 13.1 Å². The lowest BCUT2D eigenvalue weighted by atomic mass is 9.79. The monoisotopic (exact) mass is 228 g/mol. The van der Waals surface area contributed by atoms with Crippen molar-refractivity contribution in [2.24, 2.45) is 0 Å². The Balaban J connectivity index is 2.49. The average Bonchev–Trinajstić information content (AvgIpc) is 2.14. The maximum Gasteiger partial charge on any atom is 0.323 e. The molecule has 2 amide bonds. The van der Waals surface area contributed by atoms with Gasteiger partial charge in [-0.05, 0) is 32.6 Å². The summed E-state index contributed by atoms with van der Waals surface area (Å²) in [4.78, 5) is 23.8. The number of aliphatic carboxylic acids is 1. The van der Waals surface area contributed by atoms with E-state index in [2.05, 4.69) is 5.32 Å². The second kappa shape index (κ2) is 5.18. The summed E-state index contributed by atoms with van der Waals surface area (Å²) in [6.07, 6.45) is 3.85. The predicted octanol–water partition coefficient (Wildman–Crippen LogP) is 1.44. The number of nitrogens with one attached hydrogen (secondary N) is 1. The van der Waals surface area contributed by atoms with Crippen molar-refractivity contribution >= 4 is 12.0 Å². The molecule has 0 spiro atoms. The summed E-state index contributed by atoms with van der Waals surface area (Å²) in [6, 6.07) is -0.258. The van der Waals surface area contributed by atoms with Gasteiger partial charge in [0.25, 0.3) is 0 Å². The third-order valence-corrected chi connectivity index (χ3v) is 2.97. The molecule has 0 radical (unpaired) electrons. The summed E-state index contributed by atoms with van der Waals surface area (Å²) in [7, 11) is 0. The number of carbonyl (C=O) groups is 2. The van der Waals surface area contributed by atoms with Crippen molar-refractivity contribution in [1.82, 2.24) is 10.2 Å². The molecule has 0 aromatic heterocycles. The van der Waals surface area contributed by atoms with Gasteiger partial charge in [-0.1, -0.05) is 6.92 Å². The molecule has 0 aliphatic heterocycles. The molecule has 0 atom stereocenters. The second-order valence-electron chi connectivity index (χ2n) is 4.66. The smallest absolute Gasteiger partial charge is 0.323 e. The molecular formula is C11H20N2O3. The molecule has 5 nitrogen and oxygen atoms in total. The largest absolute Gasteiger partial charge is 0.480 e. The zero-order chi connectivity index (χ0) is 12.2. The van der Waals surface area contributed by atoms with E-state index < -0.39 is 5.97 Å². The van der Waals surface area contributed by atoms with Crippen molar-refractivity contribution < 1.29 is 14.7 Å². The molecule has 0 bridgehead atoms. The van der Waals surface area contributed by atoms with Crippen LogP contribution >= 0.6 is 0 Å². The molecule has 1 fully saturated rings. The summed E-state index contributed by atoms with van der Waals surface area (Å²) >= 11 is 0. The van der Waals surface area contributed by atoms with Gasteiger partial charge in [0.15, 0.2) is 0 Å². The minimum Gasteiger partial charge on any atom is -0.480 e. The van der Waals surface area contributed by atoms with Gasteiger partial charge < -0.3 is 15.3 Å². The molecule has 0 unspecified atom stereocenters. The van der Waals surface area contributed by atoms with E-state index in [0.29, 0.717) is 6.54 Å². The highest BCUT2D eigenvalue weighted by molar-refractivity contribution is 5.80. The van der Waals surface area contributed by atoms with Crippen LogP contribution < -0.4 is 5.32 Å². The van der Waals surface area contributed by atoms with Crippen LogP contribution in [0, 0.1) is 0 Å². The van der Waals surface area contributed by atoms with Crippen LogP contribution in [-0.2, 0) is 4.79 Å². The third kappa shape index (κ3) is 3.40. The second-order valence-corrected chi connectivity index (χ2v) is 4.66. The molecule has 5 heteroatoms. The minimum absolute atomic E-state index is 0.123. The first-order valence-electron chi connectivity index (χ1n) is 5.76. The first-order chi connectivity index (χ1) is 7.47. The number of nitrogens with zero attached hydrogens (tertiary/aromatic N) is 1. The van der Waals surface area contributed by atoms with E-state index in [-0.39, 0.29) is 18.1 Å². The van der Waals surface area contributed by atoms with Gasteiger partial charge >= 0.3 is 12.0 Å². The highest BCUT2D eigenvalue weighted by Crippen LogP contribution is 2.30. The third-order valence-electron chi connectivity index (χ3n) is 2.97. The number of carbonyl (C=O) groups excluding carboxylic acids is 1. The number of hydrogen-bond donors (Lipinski definition) is 2. The SMILES string of the molecule is CCCN(CC(=O)O)C(=O)NC1(C)CCC1. The zero-order valence-electron chi connectivity index (χ0n) is 9.95. The van der Waals surface area contributed by atoms with E-state index in [1.807, 2.05) is 13.8 Å². The van der Waals surface area contributed by atoms with Crippen LogP contribution in [-0.4, -0.2) is 40.6 Å². The molecule has 0 saturated heterocycles. The summed E-state index contributed by atoms with van der Waals surface area (Å²) in [5.74, 6) is -0.970. The lowest BCUT2D eigenvalue weighted by Crippen LogP contribution is -2.56. The van der Waals surface area contributed by atoms with Crippen molar-refractivity contribution in [1.29, 1.82) is 0 Å². The summed E-state index contributed by atoms with van der Waals surface area (Å²) in [6.45, 7) is 4.18. The van der Waals surface area contributed by atoms with E-state index in [4.69, 9.17) is 5.11 Å². The Morgan fingerprint density at radius 2 is 2.06 bits per heavy atom. The fourth-order valence-electron chi connectivity index (χ4n) is 1.85. The highest BCUT2D eigenvalue weighted by atomic mass is 16.4. The van der Waals surface area contributed by atoms with Gasteiger partial charge in [-0.25, -0.2) is 4.79 Å². The lowest BCUT2D eigenvalue weighted by molar-refractivity contribution is -0.137. The Hall–Kier alpha value is -1.26. The van der Waals surface area contributed by atoms with E-state index >= 15 is 0 Å².